The van der Waals surface area contributed by atoms with Crippen LogP contribution in [0.5, 0.6) is 0 Å². The molecule has 0 N–H and O–H groups in total. The fourth-order valence-corrected chi connectivity index (χ4v) is 6.16. The van der Waals surface area contributed by atoms with Crippen LogP contribution in [0.25, 0.3) is 0 Å². The smallest absolute Gasteiger partial charge is 0.248 e. The molecule has 1 heterocycles. The van der Waals surface area contributed by atoms with E-state index in [0.29, 0.717) is 13.0 Å². The molecule has 0 spiro atoms. The second-order valence-corrected chi connectivity index (χ2v) is 10.8. The van der Waals surface area contributed by atoms with Gasteiger partial charge in [0, 0.05) is 11.8 Å². The van der Waals surface area contributed by atoms with Gasteiger partial charge in [-0.1, -0.05) is 27.5 Å². The van der Waals surface area contributed by atoms with Crippen molar-refractivity contribution in [2.75, 3.05) is 6.61 Å². The second-order valence-electron chi connectivity index (χ2n) is 10.8. The van der Waals surface area contributed by atoms with Crippen LogP contribution >= 0.6 is 0 Å². The number of benzene rings is 1. The van der Waals surface area contributed by atoms with Crippen LogP contribution in [0, 0.1) is 11.2 Å². The van der Waals surface area contributed by atoms with E-state index in [4.69, 9.17) is 4.84 Å². The molecular formula is C14H27B9FNO2. The van der Waals surface area contributed by atoms with Gasteiger partial charge in [0.25, 0.3) is 0 Å². The molecule has 0 radical (unpaired) electrons. The Morgan fingerprint density at radius 3 is 1.78 bits per heavy atom. The number of nitrogens with zero attached hydrogens (tertiary/aromatic N) is 1. The van der Waals surface area contributed by atoms with Crippen LogP contribution in [0.15, 0.2) is 24.3 Å². The lowest BCUT2D eigenvalue weighted by molar-refractivity contribution is -0.188. The van der Waals surface area contributed by atoms with E-state index >= 15 is 0 Å². The van der Waals surface area contributed by atoms with Crippen molar-refractivity contribution in [2.24, 2.45) is 5.41 Å². The summed E-state index contributed by atoms with van der Waals surface area (Å²) in [5.41, 5.74) is 0.239. The number of hydroxylamine groups is 2. The average Bonchev–Trinajstić information content (AvgIpc) is 2.93. The van der Waals surface area contributed by atoms with Crippen LogP contribution in [0.2, 0.25) is 15.3 Å². The third-order valence-electron chi connectivity index (χ3n) is 6.06. The fourth-order valence-electron chi connectivity index (χ4n) is 6.16. The van der Waals surface area contributed by atoms with Gasteiger partial charge in [0.15, 0.2) is 0 Å². The fraction of sp³-hybridized carbons (Fsp3) is 0.500. The van der Waals surface area contributed by atoms with Gasteiger partial charge >= 0.3 is 0 Å². The van der Waals surface area contributed by atoms with E-state index < -0.39 is 5.41 Å². The van der Waals surface area contributed by atoms with Crippen molar-refractivity contribution in [1.82, 2.24) is 5.06 Å². The quantitative estimate of drug-likeness (QED) is 0.491. The van der Waals surface area contributed by atoms with E-state index in [2.05, 4.69) is 70.6 Å². The molecule has 0 saturated carbocycles. The molecule has 1 saturated heterocycles. The summed E-state index contributed by atoms with van der Waals surface area (Å²) in [5.74, 6) is -0.259. The first kappa shape index (κ1) is 22.5. The van der Waals surface area contributed by atoms with Crippen molar-refractivity contribution < 1.29 is 14.0 Å². The predicted octanol–water partition coefficient (Wildman–Crippen LogP) is -6.06. The topological polar surface area (TPSA) is 29.5 Å². The first-order valence-corrected chi connectivity index (χ1v) is 9.86. The molecule has 1 amide bonds. The van der Waals surface area contributed by atoms with Crippen molar-refractivity contribution in [3.05, 3.63) is 35.6 Å². The van der Waals surface area contributed by atoms with Crippen LogP contribution < -0.4 is 0 Å². The maximum absolute atomic E-state index is 14.2. The molecule has 1 atom stereocenters. The highest BCUT2D eigenvalue weighted by molar-refractivity contribution is 6.71. The minimum absolute atomic E-state index is 0.0156. The molecule has 0 bridgehead atoms. The zero-order valence-electron chi connectivity index (χ0n) is 18.4. The van der Waals surface area contributed by atoms with E-state index in [1.165, 1.54) is 12.1 Å². The Kier molecular flexibility index (Phi) is 5.99. The minimum Gasteiger partial charge on any atom is -0.272 e. The van der Waals surface area contributed by atoms with E-state index in [1.807, 2.05) is 0 Å². The zero-order chi connectivity index (χ0) is 20.8. The van der Waals surface area contributed by atoms with Gasteiger partial charge in [-0.05, 0) is 17.7 Å². The molecule has 1 aromatic rings. The lowest BCUT2D eigenvalue weighted by Crippen LogP contribution is -2.64. The van der Waals surface area contributed by atoms with Gasteiger partial charge in [0.2, 0.25) is 5.91 Å². The monoisotopic (exact) mass is 359 g/mol. The standard InChI is InChI=1S/C14H27B9FNO2/c15-12(16,17)11(13(18,19)20,14(21,22)23)10(26)25-9(5-6-27-25)7-1-3-8(24)4-2-7/h1-4,9H,5-6,15-23H2/t9-/m0/s1. The molecule has 1 aliphatic rings. The number of halogens is 1. The largest absolute Gasteiger partial charge is 0.272 e. The maximum atomic E-state index is 14.2. The highest BCUT2D eigenvalue weighted by atomic mass is 19.1. The molecule has 27 heavy (non-hydrogen) atoms. The normalized spacial score (nSPS) is 19.1. The van der Waals surface area contributed by atoms with E-state index in [-0.39, 0.29) is 33.1 Å². The summed E-state index contributed by atoms with van der Waals surface area (Å²) < 4.78 is 13.4. The third-order valence-corrected chi connectivity index (χ3v) is 6.06. The number of carbonyl (C=O) groups excluding carboxylic acids is 1. The van der Waals surface area contributed by atoms with Gasteiger partial charge in [-0.25, -0.2) is 9.45 Å². The van der Waals surface area contributed by atoms with Gasteiger partial charge in [0.1, 0.15) is 5.82 Å². The Bertz CT molecular complexity index is 660. The number of hydrogen-bond acceptors (Lipinski definition) is 2. The molecular weight excluding hydrogens is 330 g/mol. The molecule has 134 valence electrons. The molecule has 1 aliphatic heterocycles. The maximum Gasteiger partial charge on any atom is 0.248 e. The van der Waals surface area contributed by atoms with Gasteiger partial charge in [-0.3, -0.25) is 9.63 Å². The molecule has 3 nitrogen and oxygen atoms in total. The van der Waals surface area contributed by atoms with Crippen molar-refractivity contribution in [3.8, 4) is 0 Å². The molecule has 2 rings (SSSR count). The van der Waals surface area contributed by atoms with Gasteiger partial charge in [-0.2, -0.15) is 0 Å². The van der Waals surface area contributed by atoms with Crippen molar-refractivity contribution in [3.63, 3.8) is 0 Å². The summed E-state index contributed by atoms with van der Waals surface area (Å²) in [6.07, 6.45) is 0.714. The Morgan fingerprint density at radius 2 is 1.37 bits per heavy atom. The van der Waals surface area contributed by atoms with Crippen molar-refractivity contribution in [2.45, 2.75) is 27.8 Å². The number of amides is 1. The van der Waals surface area contributed by atoms with Gasteiger partial charge < -0.3 is 0 Å². The summed E-state index contributed by atoms with van der Waals surface area (Å²) in [6.45, 7) is 0.488. The number of rotatable bonds is 5. The summed E-state index contributed by atoms with van der Waals surface area (Å²) >= 11 is 0. The first-order valence-electron chi connectivity index (χ1n) is 9.86. The zero-order valence-corrected chi connectivity index (χ0v) is 18.4. The highest BCUT2D eigenvalue weighted by Crippen LogP contribution is 2.63. The van der Waals surface area contributed by atoms with Crippen LogP contribution in [0.3, 0.4) is 0 Å². The Labute approximate surface area is 171 Å². The molecule has 0 unspecified atom stereocenters. The highest BCUT2D eigenvalue weighted by Gasteiger charge is 2.62. The van der Waals surface area contributed by atoms with Gasteiger partial charge in [-0.15, -0.1) is 0 Å². The summed E-state index contributed by atoms with van der Waals surface area (Å²) in [5, 5.41) is 0.703. The van der Waals surface area contributed by atoms with Crippen LogP contribution in [0.4, 0.5) is 4.39 Å². The molecule has 1 fully saturated rings. The lowest BCUT2D eigenvalue weighted by atomic mass is 9.09. The van der Waals surface area contributed by atoms with E-state index in [9.17, 15) is 9.18 Å². The van der Waals surface area contributed by atoms with Gasteiger partial charge in [0.05, 0.1) is 83.3 Å². The van der Waals surface area contributed by atoms with Crippen LogP contribution in [0.1, 0.15) is 18.0 Å². The van der Waals surface area contributed by atoms with E-state index in [1.54, 1.807) is 17.2 Å². The molecule has 1 aromatic carbocycles. The Balaban J connectivity index is 2.59. The third kappa shape index (κ3) is 3.73. The summed E-state index contributed by atoms with van der Waals surface area (Å²) in [7, 11) is 19.3. The Morgan fingerprint density at radius 1 is 0.926 bits per heavy atom. The molecule has 0 aromatic heterocycles. The minimum atomic E-state index is -0.671. The van der Waals surface area contributed by atoms with Crippen LogP contribution in [-0.2, 0) is 9.63 Å². The van der Waals surface area contributed by atoms with Crippen molar-refractivity contribution >= 4 is 76.5 Å². The predicted molar refractivity (Wildman–Crippen MR) is 134 cm³/mol. The lowest BCUT2D eigenvalue weighted by Gasteiger charge is -2.62. The number of hydrogen-bond donors (Lipinski definition) is 0. The number of carbonyl (C=O) groups is 1. The first-order chi connectivity index (χ1) is 12.1. The van der Waals surface area contributed by atoms with E-state index in [0.717, 1.165) is 5.56 Å². The van der Waals surface area contributed by atoms with Crippen molar-refractivity contribution in [1.29, 1.82) is 0 Å². The molecule has 0 aliphatic carbocycles. The van der Waals surface area contributed by atoms with Crippen LogP contribution in [-0.4, -0.2) is 88.2 Å². The Hall–Kier alpha value is -0.836. The second kappa shape index (κ2) is 7.20. The average molecular weight is 358 g/mol. The SMILES string of the molecule is BC(B)(B)C(C(=O)N1OCC[C@H]1c1ccc(F)cc1)(C(B)(B)B)C(B)(B)B. The molecule has 13 heteroatoms. The summed E-state index contributed by atoms with van der Waals surface area (Å²) in [6, 6.07) is 6.20. The summed E-state index contributed by atoms with van der Waals surface area (Å²) in [4.78, 5) is 20.1.